The molecule has 1 aromatic rings. The van der Waals surface area contributed by atoms with Crippen LogP contribution in [-0.4, -0.2) is 30.2 Å². The molecule has 0 aliphatic heterocycles. The largest absolute Gasteiger partial charge is 0.301 e. The van der Waals surface area contributed by atoms with Crippen LogP contribution in [0.1, 0.15) is 13.3 Å². The number of alkyl halides is 2. The van der Waals surface area contributed by atoms with Gasteiger partial charge in [-0.05, 0) is 25.6 Å². The molecule has 2 rings (SSSR count). The van der Waals surface area contributed by atoms with Crippen molar-refractivity contribution < 1.29 is 4.79 Å². The van der Waals surface area contributed by atoms with Crippen LogP contribution in [-0.2, 0) is 4.79 Å². The van der Waals surface area contributed by atoms with E-state index in [0.29, 0.717) is 6.42 Å². The summed E-state index contributed by atoms with van der Waals surface area (Å²) in [5.41, 5.74) is 1.89. The van der Waals surface area contributed by atoms with Crippen LogP contribution >= 0.6 is 35.4 Å². The second-order valence-electron chi connectivity index (χ2n) is 3.98. The third kappa shape index (κ3) is 2.36. The lowest BCUT2D eigenvalue weighted by molar-refractivity contribution is -0.124. The molecule has 9 heteroatoms. The number of hydrogen-bond donors (Lipinski definition) is 2. The van der Waals surface area contributed by atoms with Gasteiger partial charge >= 0.3 is 0 Å². The fourth-order valence-electron chi connectivity index (χ4n) is 1.29. The second kappa shape index (κ2) is 4.08. The quantitative estimate of drug-likeness (QED) is 0.624. The van der Waals surface area contributed by atoms with E-state index < -0.39 is 9.75 Å². The molecule has 1 amide bonds. The van der Waals surface area contributed by atoms with E-state index in [2.05, 4.69) is 20.9 Å². The zero-order chi connectivity index (χ0) is 12.7. The molecule has 0 saturated heterocycles. The first kappa shape index (κ1) is 12.5. The fourth-order valence-corrected chi connectivity index (χ4v) is 2.20. The van der Waals surface area contributed by atoms with E-state index in [-0.39, 0.29) is 11.0 Å². The lowest BCUT2D eigenvalue weighted by Gasteiger charge is -2.14. The van der Waals surface area contributed by atoms with Gasteiger partial charge in [-0.1, -0.05) is 0 Å². The molecule has 0 spiro atoms. The van der Waals surface area contributed by atoms with E-state index in [0.717, 1.165) is 0 Å². The van der Waals surface area contributed by atoms with Crippen molar-refractivity contribution in [3.63, 3.8) is 0 Å². The van der Waals surface area contributed by atoms with Crippen molar-refractivity contribution in [3.05, 3.63) is 12.7 Å². The Morgan fingerprint density at radius 2 is 2.00 bits per heavy atom. The van der Waals surface area contributed by atoms with Gasteiger partial charge < -0.3 is 5.32 Å². The number of hydrogen-bond acceptors (Lipinski definition) is 4. The van der Waals surface area contributed by atoms with Crippen LogP contribution in [0.3, 0.4) is 0 Å². The number of amides is 1. The first-order valence-electron chi connectivity index (χ1n) is 4.70. The molecule has 1 heterocycles. The van der Waals surface area contributed by atoms with E-state index in [1.165, 1.54) is 17.3 Å². The van der Waals surface area contributed by atoms with Gasteiger partial charge in [0.15, 0.2) is 5.11 Å². The Labute approximate surface area is 113 Å². The molecule has 0 aromatic carbocycles. The van der Waals surface area contributed by atoms with Gasteiger partial charge in [0, 0.05) is 0 Å². The van der Waals surface area contributed by atoms with Gasteiger partial charge in [-0.3, -0.25) is 10.2 Å². The van der Waals surface area contributed by atoms with Crippen molar-refractivity contribution in [2.75, 3.05) is 5.43 Å². The molecule has 0 bridgehead atoms. The number of halogens is 2. The molecule has 17 heavy (non-hydrogen) atoms. The monoisotopic (exact) mass is 293 g/mol. The van der Waals surface area contributed by atoms with Crippen molar-refractivity contribution >= 4 is 46.4 Å². The van der Waals surface area contributed by atoms with Crippen LogP contribution in [0.25, 0.3) is 0 Å². The summed E-state index contributed by atoms with van der Waals surface area (Å²) < 4.78 is 0.399. The first-order chi connectivity index (χ1) is 7.85. The molecule has 0 radical (unpaired) electrons. The summed E-state index contributed by atoms with van der Waals surface area (Å²) in [5, 5.41) is 9.79. The number of rotatable bonds is 2. The van der Waals surface area contributed by atoms with Gasteiger partial charge in [-0.15, -0.1) is 33.4 Å². The van der Waals surface area contributed by atoms with Gasteiger partial charge in [0.1, 0.15) is 17.0 Å². The van der Waals surface area contributed by atoms with Crippen molar-refractivity contribution in [2.45, 2.75) is 17.7 Å². The Balaban J connectivity index is 1.90. The van der Waals surface area contributed by atoms with Crippen LogP contribution in [0.5, 0.6) is 0 Å². The van der Waals surface area contributed by atoms with Crippen LogP contribution in [0.4, 0.5) is 0 Å². The van der Waals surface area contributed by atoms with E-state index in [1.54, 1.807) is 6.92 Å². The average molecular weight is 294 g/mol. The topological polar surface area (TPSA) is 71.8 Å². The molecule has 0 unspecified atom stereocenters. The number of nitrogens with one attached hydrogen (secondary N) is 2. The summed E-state index contributed by atoms with van der Waals surface area (Å²) in [6.45, 7) is 1.68. The molecule has 1 aliphatic carbocycles. The van der Waals surface area contributed by atoms with E-state index >= 15 is 0 Å². The van der Waals surface area contributed by atoms with Crippen molar-refractivity contribution in [2.24, 2.45) is 5.41 Å². The summed E-state index contributed by atoms with van der Waals surface area (Å²) in [7, 11) is 0. The lowest BCUT2D eigenvalue weighted by atomic mass is 10.1. The van der Waals surface area contributed by atoms with E-state index in [9.17, 15) is 4.79 Å². The summed E-state index contributed by atoms with van der Waals surface area (Å²) in [4.78, 5) is 11.8. The average Bonchev–Trinajstić information content (AvgIpc) is 2.64. The molecule has 92 valence electrons. The molecular weight excluding hydrogens is 285 g/mol. The van der Waals surface area contributed by atoms with Crippen LogP contribution in [0.15, 0.2) is 12.7 Å². The molecule has 1 fully saturated rings. The zero-order valence-corrected chi connectivity index (χ0v) is 11.1. The number of carbonyl (C=O) groups is 1. The smallest absolute Gasteiger partial charge is 0.235 e. The van der Waals surface area contributed by atoms with Crippen molar-refractivity contribution in [1.29, 1.82) is 0 Å². The van der Waals surface area contributed by atoms with Gasteiger partial charge in [-0.25, -0.2) is 4.68 Å². The van der Waals surface area contributed by atoms with E-state index in [1.807, 2.05) is 0 Å². The highest BCUT2D eigenvalue weighted by Crippen LogP contribution is 2.63. The molecule has 1 atom stereocenters. The highest BCUT2D eigenvalue weighted by atomic mass is 35.5. The minimum Gasteiger partial charge on any atom is -0.301 e. The van der Waals surface area contributed by atoms with Gasteiger partial charge in [-0.2, -0.15) is 0 Å². The van der Waals surface area contributed by atoms with E-state index in [4.69, 9.17) is 35.4 Å². The second-order valence-corrected chi connectivity index (χ2v) is 5.87. The lowest BCUT2D eigenvalue weighted by Crippen LogP contribution is -2.42. The minimum absolute atomic E-state index is 0.132. The minimum atomic E-state index is -1.01. The maximum Gasteiger partial charge on any atom is 0.235 e. The van der Waals surface area contributed by atoms with Crippen LogP contribution < -0.4 is 10.7 Å². The maximum atomic E-state index is 11.8. The molecule has 1 saturated carbocycles. The number of carbonyl (C=O) groups excluding carboxylic acids is 1. The van der Waals surface area contributed by atoms with Gasteiger partial charge in [0.2, 0.25) is 5.91 Å². The maximum absolute atomic E-state index is 11.8. The zero-order valence-electron chi connectivity index (χ0n) is 8.78. The Kier molecular flexibility index (Phi) is 3.01. The van der Waals surface area contributed by atoms with Crippen molar-refractivity contribution in [3.8, 4) is 0 Å². The predicted molar refractivity (Wildman–Crippen MR) is 67.3 cm³/mol. The molecule has 6 nitrogen and oxygen atoms in total. The molecule has 2 N–H and O–H groups in total. The highest BCUT2D eigenvalue weighted by Gasteiger charge is 2.68. The van der Waals surface area contributed by atoms with Gasteiger partial charge in [0.25, 0.3) is 0 Å². The standard InChI is InChI=1S/C8H9Cl2N5OS/c1-7(2-8(7,9)10)5(16)13-6(17)14-15-3-11-12-4-15/h3-4H,2H2,1H3,(H2,13,14,16,17)/t7-/m1/s1. The summed E-state index contributed by atoms with van der Waals surface area (Å²) >= 11 is 16.7. The highest BCUT2D eigenvalue weighted by molar-refractivity contribution is 7.80. The molecule has 1 aliphatic rings. The summed E-state index contributed by atoms with van der Waals surface area (Å²) in [6.07, 6.45) is 3.22. The number of nitrogens with zero attached hydrogens (tertiary/aromatic N) is 3. The van der Waals surface area contributed by atoms with Crippen LogP contribution in [0.2, 0.25) is 0 Å². The SMILES string of the molecule is C[C@]1(C(=O)NC(=S)Nn2cnnc2)CC1(Cl)Cl. The molecular formula is C8H9Cl2N5OS. The van der Waals surface area contributed by atoms with Gasteiger partial charge in [0.05, 0.1) is 5.41 Å². The Morgan fingerprint density at radius 1 is 1.47 bits per heavy atom. The molecule has 1 aromatic heterocycles. The first-order valence-corrected chi connectivity index (χ1v) is 5.86. The summed E-state index contributed by atoms with van der Waals surface area (Å²) in [6, 6.07) is 0. The third-order valence-corrected chi connectivity index (χ3v) is 3.93. The Morgan fingerprint density at radius 3 is 2.47 bits per heavy atom. The predicted octanol–water partition coefficient (Wildman–Crippen LogP) is 0.807. The number of thiocarbonyl (C=S) groups is 1. The van der Waals surface area contributed by atoms with Crippen molar-refractivity contribution in [1.82, 2.24) is 20.2 Å². The Hall–Kier alpha value is -0.920. The number of aromatic nitrogens is 3. The Bertz CT molecular complexity index is 462. The summed E-state index contributed by atoms with van der Waals surface area (Å²) in [5.74, 6) is -0.312. The normalized spacial score (nSPS) is 25.1. The van der Waals surface area contributed by atoms with Crippen LogP contribution in [0, 0.1) is 5.41 Å². The third-order valence-electron chi connectivity index (χ3n) is 2.64. The fraction of sp³-hybridized carbons (Fsp3) is 0.500.